The molecule has 0 aliphatic heterocycles. The minimum absolute atomic E-state index is 0.245. The molecule has 0 fully saturated rings. The van der Waals surface area contributed by atoms with Gasteiger partial charge >= 0.3 is 0 Å². The molecule has 2 N–H and O–H groups in total. The third kappa shape index (κ3) is 4.53. The lowest BCUT2D eigenvalue weighted by molar-refractivity contribution is 0.0972. The van der Waals surface area contributed by atoms with Crippen LogP contribution >= 0.6 is 27.3 Å². The molecule has 1 heterocycles. The number of carbonyl (C=O) groups excluding carboxylic acids is 1. The van der Waals surface area contributed by atoms with Gasteiger partial charge in [-0.1, -0.05) is 13.8 Å². The van der Waals surface area contributed by atoms with Crippen molar-refractivity contribution in [2.75, 3.05) is 6.54 Å². The summed E-state index contributed by atoms with van der Waals surface area (Å²) >= 11 is 4.91. The molecule has 1 atom stereocenters. The standard InChI is InChI=1S/C13H20BrNOS/c1-9(2)10(5-7-15)3-4-12(16)13-11(14)6-8-17-13/h6,8-10H,3-5,7,15H2,1-2H3. The van der Waals surface area contributed by atoms with Crippen LogP contribution in [0, 0.1) is 11.8 Å². The molecule has 2 nitrogen and oxygen atoms in total. The molecule has 0 aliphatic carbocycles. The molecule has 0 saturated heterocycles. The summed E-state index contributed by atoms with van der Waals surface area (Å²) in [6.07, 6.45) is 2.58. The van der Waals surface area contributed by atoms with E-state index in [2.05, 4.69) is 29.8 Å². The molecule has 0 aliphatic rings. The lowest BCUT2D eigenvalue weighted by Crippen LogP contribution is -2.15. The Balaban J connectivity index is 2.49. The van der Waals surface area contributed by atoms with Crippen molar-refractivity contribution in [2.45, 2.75) is 33.1 Å². The van der Waals surface area contributed by atoms with Crippen molar-refractivity contribution in [3.63, 3.8) is 0 Å². The fourth-order valence-corrected chi connectivity index (χ4v) is 3.51. The van der Waals surface area contributed by atoms with Gasteiger partial charge in [0.25, 0.3) is 0 Å². The van der Waals surface area contributed by atoms with Crippen molar-refractivity contribution in [1.82, 2.24) is 0 Å². The second-order valence-corrected chi connectivity index (χ2v) is 6.41. The van der Waals surface area contributed by atoms with Crippen LogP contribution in [-0.4, -0.2) is 12.3 Å². The van der Waals surface area contributed by atoms with Crippen molar-refractivity contribution in [3.05, 3.63) is 20.8 Å². The summed E-state index contributed by atoms with van der Waals surface area (Å²) in [6, 6.07) is 1.93. The van der Waals surface area contributed by atoms with Crippen LogP contribution in [0.25, 0.3) is 0 Å². The van der Waals surface area contributed by atoms with Gasteiger partial charge < -0.3 is 5.73 Å². The Labute approximate surface area is 116 Å². The predicted octanol–water partition coefficient (Wildman–Crippen LogP) is 4.09. The van der Waals surface area contributed by atoms with Crippen LogP contribution in [0.1, 0.15) is 42.8 Å². The highest BCUT2D eigenvalue weighted by molar-refractivity contribution is 9.10. The fourth-order valence-electron chi connectivity index (χ4n) is 1.95. The number of Topliss-reactive ketones (excluding diaryl/α,β-unsaturated/α-hetero) is 1. The van der Waals surface area contributed by atoms with Crippen molar-refractivity contribution < 1.29 is 4.79 Å². The SMILES string of the molecule is CC(C)C(CCN)CCC(=O)c1sccc1Br. The van der Waals surface area contributed by atoms with Crippen LogP contribution in [0.3, 0.4) is 0 Å². The Kier molecular flexibility index (Phi) is 6.38. The molecule has 96 valence electrons. The summed E-state index contributed by atoms with van der Waals surface area (Å²) in [4.78, 5) is 12.9. The smallest absolute Gasteiger partial charge is 0.173 e. The fraction of sp³-hybridized carbons (Fsp3) is 0.615. The summed E-state index contributed by atoms with van der Waals surface area (Å²) in [5.41, 5.74) is 5.60. The van der Waals surface area contributed by atoms with Gasteiger partial charge in [0.2, 0.25) is 0 Å². The first-order valence-electron chi connectivity index (χ1n) is 6.02. The molecule has 17 heavy (non-hydrogen) atoms. The van der Waals surface area contributed by atoms with E-state index in [-0.39, 0.29) is 5.78 Å². The number of thiophene rings is 1. The van der Waals surface area contributed by atoms with E-state index in [4.69, 9.17) is 5.73 Å². The van der Waals surface area contributed by atoms with Gasteiger partial charge in [0.1, 0.15) is 0 Å². The summed E-state index contributed by atoms with van der Waals surface area (Å²) in [6.45, 7) is 5.11. The van der Waals surface area contributed by atoms with Crippen molar-refractivity contribution in [1.29, 1.82) is 0 Å². The van der Waals surface area contributed by atoms with E-state index in [0.29, 0.717) is 24.8 Å². The van der Waals surface area contributed by atoms with E-state index in [9.17, 15) is 4.79 Å². The number of halogens is 1. The van der Waals surface area contributed by atoms with Gasteiger partial charge in [-0.15, -0.1) is 11.3 Å². The van der Waals surface area contributed by atoms with Crippen LogP contribution in [-0.2, 0) is 0 Å². The molecule has 0 aromatic carbocycles. The number of hydrogen-bond acceptors (Lipinski definition) is 3. The Morgan fingerprint density at radius 2 is 2.18 bits per heavy atom. The number of rotatable bonds is 7. The Morgan fingerprint density at radius 3 is 2.65 bits per heavy atom. The van der Waals surface area contributed by atoms with Crippen LogP contribution < -0.4 is 5.73 Å². The van der Waals surface area contributed by atoms with E-state index >= 15 is 0 Å². The molecule has 0 bridgehead atoms. The minimum atomic E-state index is 0.245. The van der Waals surface area contributed by atoms with Gasteiger partial charge in [-0.05, 0) is 58.6 Å². The number of ketones is 1. The van der Waals surface area contributed by atoms with Crippen LogP contribution in [0.15, 0.2) is 15.9 Å². The van der Waals surface area contributed by atoms with Gasteiger partial charge in [-0.2, -0.15) is 0 Å². The van der Waals surface area contributed by atoms with E-state index in [0.717, 1.165) is 22.2 Å². The van der Waals surface area contributed by atoms with E-state index in [1.165, 1.54) is 11.3 Å². The van der Waals surface area contributed by atoms with Crippen molar-refractivity contribution in [2.24, 2.45) is 17.6 Å². The maximum Gasteiger partial charge on any atom is 0.173 e. The molecule has 0 saturated carbocycles. The normalized spacial score (nSPS) is 13.0. The second-order valence-electron chi connectivity index (χ2n) is 4.64. The second kappa shape index (κ2) is 7.29. The number of carbonyl (C=O) groups is 1. The molecule has 1 unspecified atom stereocenters. The zero-order valence-corrected chi connectivity index (χ0v) is 12.8. The first-order chi connectivity index (χ1) is 8.06. The third-order valence-corrected chi connectivity index (χ3v) is 4.97. The third-order valence-electron chi connectivity index (χ3n) is 3.09. The minimum Gasteiger partial charge on any atom is -0.330 e. The molecule has 0 radical (unpaired) electrons. The monoisotopic (exact) mass is 317 g/mol. The molecule has 0 amide bonds. The van der Waals surface area contributed by atoms with Gasteiger partial charge in [-0.3, -0.25) is 4.79 Å². The predicted molar refractivity (Wildman–Crippen MR) is 77.6 cm³/mol. The van der Waals surface area contributed by atoms with Crippen LogP contribution in [0.2, 0.25) is 0 Å². The number of nitrogens with two attached hydrogens (primary N) is 1. The average Bonchev–Trinajstić information content (AvgIpc) is 2.69. The average molecular weight is 318 g/mol. The molecular formula is C13H20BrNOS. The van der Waals surface area contributed by atoms with Crippen LogP contribution in [0.5, 0.6) is 0 Å². The topological polar surface area (TPSA) is 43.1 Å². The summed E-state index contributed by atoms with van der Waals surface area (Å²) in [7, 11) is 0. The highest BCUT2D eigenvalue weighted by Crippen LogP contribution is 2.27. The van der Waals surface area contributed by atoms with E-state index in [1.54, 1.807) is 0 Å². The van der Waals surface area contributed by atoms with Crippen molar-refractivity contribution >= 4 is 33.0 Å². The highest BCUT2D eigenvalue weighted by Gasteiger charge is 2.17. The first-order valence-corrected chi connectivity index (χ1v) is 7.69. The maximum atomic E-state index is 12.0. The lowest BCUT2D eigenvalue weighted by atomic mass is 9.87. The van der Waals surface area contributed by atoms with Gasteiger partial charge in [-0.25, -0.2) is 0 Å². The largest absolute Gasteiger partial charge is 0.330 e. The van der Waals surface area contributed by atoms with E-state index < -0.39 is 0 Å². The Hall–Kier alpha value is -0.190. The maximum absolute atomic E-state index is 12.0. The first kappa shape index (κ1) is 14.9. The Morgan fingerprint density at radius 1 is 1.47 bits per heavy atom. The lowest BCUT2D eigenvalue weighted by Gasteiger charge is -2.19. The summed E-state index contributed by atoms with van der Waals surface area (Å²) in [5.74, 6) is 1.40. The number of hydrogen-bond donors (Lipinski definition) is 1. The molecular weight excluding hydrogens is 298 g/mol. The molecule has 1 aromatic heterocycles. The molecule has 1 aromatic rings. The van der Waals surface area contributed by atoms with Gasteiger partial charge in [0.05, 0.1) is 4.88 Å². The zero-order chi connectivity index (χ0) is 12.8. The highest BCUT2D eigenvalue weighted by atomic mass is 79.9. The summed E-state index contributed by atoms with van der Waals surface area (Å²) in [5, 5.41) is 1.94. The quantitative estimate of drug-likeness (QED) is 0.769. The van der Waals surface area contributed by atoms with Crippen LogP contribution in [0.4, 0.5) is 0 Å². The Bertz CT molecular complexity index is 362. The zero-order valence-electron chi connectivity index (χ0n) is 10.4. The molecule has 4 heteroatoms. The molecule has 0 spiro atoms. The van der Waals surface area contributed by atoms with Crippen molar-refractivity contribution in [3.8, 4) is 0 Å². The van der Waals surface area contributed by atoms with Gasteiger partial charge in [0.15, 0.2) is 5.78 Å². The summed E-state index contributed by atoms with van der Waals surface area (Å²) < 4.78 is 0.924. The molecule has 1 rings (SSSR count). The van der Waals surface area contributed by atoms with E-state index in [1.807, 2.05) is 11.4 Å². The van der Waals surface area contributed by atoms with Gasteiger partial charge in [0, 0.05) is 10.9 Å².